The molecule has 134 valence electrons. The van der Waals surface area contributed by atoms with Crippen LogP contribution in [0.1, 0.15) is 19.8 Å². The number of aromatic nitrogens is 2. The van der Waals surface area contributed by atoms with Crippen molar-refractivity contribution in [2.75, 3.05) is 31.4 Å². The van der Waals surface area contributed by atoms with E-state index >= 15 is 0 Å². The second kappa shape index (κ2) is 8.02. The lowest BCUT2D eigenvalue weighted by Crippen LogP contribution is -2.41. The molecule has 2 heterocycles. The number of hydrogen-bond acceptors (Lipinski definition) is 7. The average molecular weight is 343 g/mol. The topological polar surface area (TPSA) is 80.3 Å². The van der Waals surface area contributed by atoms with E-state index in [0.717, 1.165) is 36.6 Å². The number of nitrogens with one attached hydrogen (secondary N) is 3. The van der Waals surface area contributed by atoms with Gasteiger partial charge in [0.25, 0.3) is 0 Å². The van der Waals surface area contributed by atoms with Crippen molar-refractivity contribution >= 4 is 17.3 Å². The van der Waals surface area contributed by atoms with Gasteiger partial charge in [0.15, 0.2) is 0 Å². The van der Waals surface area contributed by atoms with E-state index in [4.69, 9.17) is 9.47 Å². The van der Waals surface area contributed by atoms with Crippen molar-refractivity contribution in [3.05, 3.63) is 30.6 Å². The fourth-order valence-electron chi connectivity index (χ4n) is 3.02. The first-order valence-corrected chi connectivity index (χ1v) is 8.49. The van der Waals surface area contributed by atoms with Gasteiger partial charge in [0.1, 0.15) is 29.5 Å². The SMILES string of the molecule is COc1ccc(Nc2cc(NC3CCNC(C)C3)ncn2)c(OC)c1. The minimum absolute atomic E-state index is 0.425. The summed E-state index contributed by atoms with van der Waals surface area (Å²) < 4.78 is 10.6. The second-order valence-electron chi connectivity index (χ2n) is 6.20. The van der Waals surface area contributed by atoms with Gasteiger partial charge in [-0.25, -0.2) is 9.97 Å². The highest BCUT2D eigenvalue weighted by Crippen LogP contribution is 2.31. The third-order valence-corrected chi connectivity index (χ3v) is 4.31. The second-order valence-corrected chi connectivity index (χ2v) is 6.20. The zero-order valence-electron chi connectivity index (χ0n) is 14.9. The molecule has 1 aromatic heterocycles. The fourth-order valence-corrected chi connectivity index (χ4v) is 3.02. The van der Waals surface area contributed by atoms with Gasteiger partial charge >= 0.3 is 0 Å². The van der Waals surface area contributed by atoms with Gasteiger partial charge in [0, 0.05) is 24.2 Å². The first kappa shape index (κ1) is 17.3. The van der Waals surface area contributed by atoms with Crippen molar-refractivity contribution < 1.29 is 9.47 Å². The number of hydrogen-bond donors (Lipinski definition) is 3. The molecule has 2 atom stereocenters. The van der Waals surface area contributed by atoms with Crippen LogP contribution in [0, 0.1) is 0 Å². The van der Waals surface area contributed by atoms with Crippen LogP contribution >= 0.6 is 0 Å². The Morgan fingerprint density at radius 3 is 2.72 bits per heavy atom. The van der Waals surface area contributed by atoms with Crippen molar-refractivity contribution in [2.24, 2.45) is 0 Å². The van der Waals surface area contributed by atoms with Crippen LogP contribution in [-0.4, -0.2) is 42.8 Å². The minimum atomic E-state index is 0.425. The van der Waals surface area contributed by atoms with Gasteiger partial charge in [-0.3, -0.25) is 0 Å². The lowest BCUT2D eigenvalue weighted by molar-refractivity contribution is 0.395. The molecule has 1 aromatic carbocycles. The summed E-state index contributed by atoms with van der Waals surface area (Å²) in [5.74, 6) is 2.97. The lowest BCUT2D eigenvalue weighted by atomic mass is 10.0. The molecule has 1 aliphatic rings. The molecule has 0 saturated carbocycles. The van der Waals surface area contributed by atoms with Crippen molar-refractivity contribution in [1.82, 2.24) is 15.3 Å². The van der Waals surface area contributed by atoms with Crippen LogP contribution in [0.25, 0.3) is 0 Å². The highest BCUT2D eigenvalue weighted by Gasteiger charge is 2.18. The molecule has 0 amide bonds. The molecule has 1 aliphatic heterocycles. The Hall–Kier alpha value is -2.54. The van der Waals surface area contributed by atoms with Crippen LogP contribution in [0.15, 0.2) is 30.6 Å². The normalized spacial score (nSPS) is 20.0. The molecule has 3 N–H and O–H groups in total. The fraction of sp³-hybridized carbons (Fsp3) is 0.444. The summed E-state index contributed by atoms with van der Waals surface area (Å²) >= 11 is 0. The van der Waals surface area contributed by atoms with Gasteiger partial charge in [-0.05, 0) is 38.4 Å². The first-order chi connectivity index (χ1) is 12.2. The van der Waals surface area contributed by atoms with Crippen LogP contribution in [0.3, 0.4) is 0 Å². The minimum Gasteiger partial charge on any atom is -0.497 e. The smallest absolute Gasteiger partial charge is 0.146 e. The molecule has 2 aromatic rings. The Labute approximate surface area is 148 Å². The molecule has 0 radical (unpaired) electrons. The van der Waals surface area contributed by atoms with Gasteiger partial charge in [0.05, 0.1) is 19.9 Å². The number of piperidine rings is 1. The number of nitrogens with zero attached hydrogens (tertiary/aromatic N) is 2. The molecule has 0 aliphatic carbocycles. The third-order valence-electron chi connectivity index (χ3n) is 4.31. The molecule has 1 fully saturated rings. The molecule has 3 rings (SSSR count). The van der Waals surface area contributed by atoms with Gasteiger partial charge in [-0.1, -0.05) is 0 Å². The van der Waals surface area contributed by atoms with Crippen molar-refractivity contribution in [3.63, 3.8) is 0 Å². The number of ether oxygens (including phenoxy) is 2. The Bertz CT molecular complexity index is 710. The summed E-state index contributed by atoms with van der Waals surface area (Å²) in [4.78, 5) is 8.64. The molecule has 7 heteroatoms. The van der Waals surface area contributed by atoms with E-state index in [1.807, 2.05) is 24.3 Å². The predicted molar refractivity (Wildman–Crippen MR) is 99.0 cm³/mol. The van der Waals surface area contributed by atoms with Gasteiger partial charge in [0.2, 0.25) is 0 Å². The Morgan fingerprint density at radius 1 is 1.12 bits per heavy atom. The molecule has 25 heavy (non-hydrogen) atoms. The van der Waals surface area contributed by atoms with Gasteiger partial charge in [-0.2, -0.15) is 0 Å². The average Bonchev–Trinajstić information content (AvgIpc) is 2.62. The standard InChI is InChI=1S/C18H25N5O2/c1-12-8-13(6-7-19-12)22-17-10-18(21-11-20-17)23-15-5-4-14(24-2)9-16(15)25-3/h4-5,9-13,19H,6-8H2,1-3H3,(H2,20,21,22,23). The summed E-state index contributed by atoms with van der Waals surface area (Å²) in [6.45, 7) is 3.23. The van der Waals surface area contributed by atoms with E-state index in [0.29, 0.717) is 23.7 Å². The third kappa shape index (κ3) is 4.51. The largest absolute Gasteiger partial charge is 0.497 e. The molecule has 2 unspecified atom stereocenters. The predicted octanol–water partition coefficient (Wildman–Crippen LogP) is 2.79. The zero-order valence-corrected chi connectivity index (χ0v) is 14.9. The maximum Gasteiger partial charge on any atom is 0.146 e. The van der Waals surface area contributed by atoms with Crippen LogP contribution in [0.4, 0.5) is 17.3 Å². The van der Waals surface area contributed by atoms with E-state index < -0.39 is 0 Å². The first-order valence-electron chi connectivity index (χ1n) is 8.49. The molecular weight excluding hydrogens is 318 g/mol. The summed E-state index contributed by atoms with van der Waals surface area (Å²) in [5.41, 5.74) is 0.823. The van der Waals surface area contributed by atoms with E-state index in [9.17, 15) is 0 Å². The molecule has 0 spiro atoms. The van der Waals surface area contributed by atoms with Crippen molar-refractivity contribution in [3.8, 4) is 11.5 Å². The number of anilines is 3. The highest BCUT2D eigenvalue weighted by molar-refractivity contribution is 5.66. The van der Waals surface area contributed by atoms with E-state index in [1.54, 1.807) is 20.5 Å². The summed E-state index contributed by atoms with van der Waals surface area (Å²) in [6, 6.07) is 8.47. The van der Waals surface area contributed by atoms with E-state index in [1.165, 1.54) is 0 Å². The van der Waals surface area contributed by atoms with E-state index in [2.05, 4.69) is 32.8 Å². The number of methoxy groups -OCH3 is 2. The highest BCUT2D eigenvalue weighted by atomic mass is 16.5. The maximum atomic E-state index is 5.42. The Kier molecular flexibility index (Phi) is 5.55. The molecule has 1 saturated heterocycles. The summed E-state index contributed by atoms with van der Waals surface area (Å²) in [5, 5.41) is 10.2. The zero-order chi connectivity index (χ0) is 17.6. The molecule has 0 bridgehead atoms. The number of rotatable bonds is 6. The van der Waals surface area contributed by atoms with Crippen LogP contribution in [0.2, 0.25) is 0 Å². The summed E-state index contributed by atoms with van der Waals surface area (Å²) in [7, 11) is 3.26. The van der Waals surface area contributed by atoms with Crippen LogP contribution in [-0.2, 0) is 0 Å². The van der Waals surface area contributed by atoms with Crippen molar-refractivity contribution in [1.29, 1.82) is 0 Å². The molecule has 7 nitrogen and oxygen atoms in total. The van der Waals surface area contributed by atoms with Gasteiger partial charge < -0.3 is 25.4 Å². The lowest BCUT2D eigenvalue weighted by Gasteiger charge is -2.29. The van der Waals surface area contributed by atoms with Crippen LogP contribution < -0.4 is 25.4 Å². The maximum absolute atomic E-state index is 5.42. The van der Waals surface area contributed by atoms with E-state index in [-0.39, 0.29) is 0 Å². The quantitative estimate of drug-likeness (QED) is 0.744. The summed E-state index contributed by atoms with van der Waals surface area (Å²) in [6.07, 6.45) is 3.73. The monoisotopic (exact) mass is 343 g/mol. The number of benzene rings is 1. The van der Waals surface area contributed by atoms with Crippen molar-refractivity contribution in [2.45, 2.75) is 31.8 Å². The van der Waals surface area contributed by atoms with Crippen LogP contribution in [0.5, 0.6) is 11.5 Å². The Balaban J connectivity index is 1.71. The Morgan fingerprint density at radius 2 is 1.96 bits per heavy atom. The molecular formula is C18H25N5O2. The van der Waals surface area contributed by atoms with Gasteiger partial charge in [-0.15, -0.1) is 0 Å².